The summed E-state index contributed by atoms with van der Waals surface area (Å²) in [6.07, 6.45) is 5.48. The van der Waals surface area contributed by atoms with Crippen LogP contribution < -0.4 is 10.6 Å². The van der Waals surface area contributed by atoms with Gasteiger partial charge in [-0.25, -0.2) is 0 Å². The zero-order valence-corrected chi connectivity index (χ0v) is 14.5. The third kappa shape index (κ3) is 7.28. The van der Waals surface area contributed by atoms with Crippen molar-refractivity contribution in [3.05, 3.63) is 0 Å². The van der Waals surface area contributed by atoms with Gasteiger partial charge in [0.15, 0.2) is 0 Å². The molecule has 1 amide bonds. The Morgan fingerprint density at radius 1 is 1.15 bits per heavy atom. The Kier molecular flexibility index (Phi) is 9.91. The minimum atomic E-state index is -0.440. The lowest BCUT2D eigenvalue weighted by atomic mass is 9.88. The van der Waals surface area contributed by atoms with E-state index in [0.29, 0.717) is 11.8 Å². The summed E-state index contributed by atoms with van der Waals surface area (Å²) in [5, 5.41) is 6.61. The van der Waals surface area contributed by atoms with E-state index in [1.54, 1.807) is 0 Å². The van der Waals surface area contributed by atoms with E-state index in [-0.39, 0.29) is 5.91 Å². The molecule has 0 aliphatic carbocycles. The summed E-state index contributed by atoms with van der Waals surface area (Å²) < 4.78 is 0. The molecule has 0 aromatic heterocycles. The Morgan fingerprint density at radius 3 is 2.25 bits per heavy atom. The summed E-state index contributed by atoms with van der Waals surface area (Å²) in [5.41, 5.74) is -0.440. The second-order valence-electron chi connectivity index (χ2n) is 6.63. The van der Waals surface area contributed by atoms with Crippen LogP contribution in [0.5, 0.6) is 0 Å². The maximum absolute atomic E-state index is 12.4. The molecule has 0 aliphatic heterocycles. The van der Waals surface area contributed by atoms with Crippen LogP contribution in [0.15, 0.2) is 0 Å². The molecular weight excluding hydrogens is 248 g/mol. The standard InChI is InChI=1S/C17H36N2O/c1-7-10-15(9-3)13-19-17(6,12-14(4)5)16(20)18-11-8-2/h14-15,19H,7-13H2,1-6H3,(H,18,20). The average molecular weight is 284 g/mol. The molecule has 2 N–H and O–H groups in total. The van der Waals surface area contributed by atoms with Gasteiger partial charge in [-0.1, -0.05) is 47.5 Å². The topological polar surface area (TPSA) is 41.1 Å². The van der Waals surface area contributed by atoms with Crippen LogP contribution in [0.2, 0.25) is 0 Å². The Balaban J connectivity index is 4.63. The van der Waals surface area contributed by atoms with E-state index < -0.39 is 5.54 Å². The first-order valence-electron chi connectivity index (χ1n) is 8.42. The quantitative estimate of drug-likeness (QED) is 0.607. The highest BCUT2D eigenvalue weighted by Crippen LogP contribution is 2.19. The first-order chi connectivity index (χ1) is 9.39. The lowest BCUT2D eigenvalue weighted by Crippen LogP contribution is -2.56. The van der Waals surface area contributed by atoms with Crippen molar-refractivity contribution in [2.24, 2.45) is 11.8 Å². The zero-order valence-electron chi connectivity index (χ0n) is 14.5. The highest BCUT2D eigenvalue weighted by molar-refractivity contribution is 5.85. The van der Waals surface area contributed by atoms with Crippen LogP contribution in [0.4, 0.5) is 0 Å². The molecule has 0 aromatic rings. The smallest absolute Gasteiger partial charge is 0.240 e. The lowest BCUT2D eigenvalue weighted by molar-refractivity contribution is -0.127. The van der Waals surface area contributed by atoms with Crippen LogP contribution in [0.3, 0.4) is 0 Å². The van der Waals surface area contributed by atoms with Gasteiger partial charge in [0.25, 0.3) is 0 Å². The molecule has 0 spiro atoms. The molecule has 0 bridgehead atoms. The van der Waals surface area contributed by atoms with E-state index in [1.807, 2.05) is 0 Å². The second kappa shape index (κ2) is 10.2. The molecule has 0 rings (SSSR count). The number of amides is 1. The van der Waals surface area contributed by atoms with Gasteiger partial charge in [-0.05, 0) is 44.6 Å². The van der Waals surface area contributed by atoms with E-state index >= 15 is 0 Å². The van der Waals surface area contributed by atoms with E-state index in [1.165, 1.54) is 19.3 Å². The highest BCUT2D eigenvalue weighted by atomic mass is 16.2. The van der Waals surface area contributed by atoms with Crippen molar-refractivity contribution >= 4 is 5.91 Å². The molecule has 120 valence electrons. The van der Waals surface area contributed by atoms with Gasteiger partial charge in [-0.15, -0.1) is 0 Å². The molecule has 0 heterocycles. The summed E-state index contributed by atoms with van der Waals surface area (Å²) in [5.74, 6) is 1.33. The predicted molar refractivity (Wildman–Crippen MR) is 87.9 cm³/mol. The van der Waals surface area contributed by atoms with Crippen molar-refractivity contribution < 1.29 is 4.79 Å². The van der Waals surface area contributed by atoms with Gasteiger partial charge in [0.2, 0.25) is 5.91 Å². The summed E-state index contributed by atoms with van der Waals surface area (Å²) >= 11 is 0. The molecule has 2 atom stereocenters. The molecule has 0 aromatic carbocycles. The van der Waals surface area contributed by atoms with Crippen LogP contribution in [0.1, 0.15) is 73.6 Å². The Bertz CT molecular complexity index is 266. The van der Waals surface area contributed by atoms with Gasteiger partial charge in [0.05, 0.1) is 5.54 Å². The van der Waals surface area contributed by atoms with Gasteiger partial charge in [-0.3, -0.25) is 4.79 Å². The number of carbonyl (C=O) groups excluding carboxylic acids is 1. The van der Waals surface area contributed by atoms with Crippen LogP contribution in [-0.2, 0) is 4.79 Å². The van der Waals surface area contributed by atoms with E-state index in [4.69, 9.17) is 0 Å². The fraction of sp³-hybridized carbons (Fsp3) is 0.941. The van der Waals surface area contributed by atoms with Crippen molar-refractivity contribution in [3.63, 3.8) is 0 Å². The van der Waals surface area contributed by atoms with Gasteiger partial charge in [-0.2, -0.15) is 0 Å². The second-order valence-corrected chi connectivity index (χ2v) is 6.63. The van der Waals surface area contributed by atoms with E-state index in [0.717, 1.165) is 25.9 Å². The maximum Gasteiger partial charge on any atom is 0.240 e. The van der Waals surface area contributed by atoms with Crippen molar-refractivity contribution in [2.45, 2.75) is 79.2 Å². The summed E-state index contributed by atoms with van der Waals surface area (Å²) in [7, 11) is 0. The normalized spacial score (nSPS) is 15.9. The summed E-state index contributed by atoms with van der Waals surface area (Å²) in [6.45, 7) is 14.7. The number of hydrogen-bond acceptors (Lipinski definition) is 2. The first kappa shape index (κ1) is 19.4. The maximum atomic E-state index is 12.4. The predicted octanol–water partition coefficient (Wildman–Crippen LogP) is 3.73. The Hall–Kier alpha value is -0.570. The van der Waals surface area contributed by atoms with Gasteiger partial charge >= 0.3 is 0 Å². The largest absolute Gasteiger partial charge is 0.355 e. The highest BCUT2D eigenvalue weighted by Gasteiger charge is 2.33. The summed E-state index contributed by atoms with van der Waals surface area (Å²) in [4.78, 5) is 12.4. The molecule has 3 nitrogen and oxygen atoms in total. The minimum absolute atomic E-state index is 0.152. The zero-order chi connectivity index (χ0) is 15.6. The molecule has 3 heteroatoms. The van der Waals surface area contributed by atoms with Crippen molar-refractivity contribution in [1.82, 2.24) is 10.6 Å². The fourth-order valence-electron chi connectivity index (χ4n) is 2.72. The minimum Gasteiger partial charge on any atom is -0.355 e. The third-order valence-electron chi connectivity index (χ3n) is 3.91. The molecule has 0 saturated carbocycles. The number of hydrogen-bond donors (Lipinski definition) is 2. The number of rotatable bonds is 11. The van der Waals surface area contributed by atoms with Gasteiger partial charge in [0, 0.05) is 6.54 Å². The number of carbonyl (C=O) groups is 1. The molecule has 20 heavy (non-hydrogen) atoms. The van der Waals surface area contributed by atoms with Gasteiger partial charge in [0.1, 0.15) is 0 Å². The van der Waals surface area contributed by atoms with Crippen LogP contribution in [0.25, 0.3) is 0 Å². The van der Waals surface area contributed by atoms with Crippen molar-refractivity contribution in [2.75, 3.05) is 13.1 Å². The monoisotopic (exact) mass is 284 g/mol. The van der Waals surface area contributed by atoms with Gasteiger partial charge < -0.3 is 10.6 Å². The Morgan fingerprint density at radius 2 is 1.80 bits per heavy atom. The molecule has 0 aliphatic rings. The first-order valence-corrected chi connectivity index (χ1v) is 8.42. The average Bonchev–Trinajstić information content (AvgIpc) is 2.39. The summed E-state index contributed by atoms with van der Waals surface area (Å²) in [6, 6.07) is 0. The fourth-order valence-corrected chi connectivity index (χ4v) is 2.72. The van der Waals surface area contributed by atoms with Crippen molar-refractivity contribution in [3.8, 4) is 0 Å². The molecular formula is C17H36N2O. The van der Waals surface area contributed by atoms with Crippen LogP contribution in [-0.4, -0.2) is 24.5 Å². The van der Waals surface area contributed by atoms with Crippen LogP contribution >= 0.6 is 0 Å². The molecule has 0 fully saturated rings. The SMILES string of the molecule is CCCNC(=O)C(C)(CC(C)C)NCC(CC)CCC. The Labute approximate surface area is 126 Å². The lowest BCUT2D eigenvalue weighted by Gasteiger charge is -2.33. The van der Waals surface area contributed by atoms with Crippen LogP contribution in [0, 0.1) is 11.8 Å². The number of nitrogens with one attached hydrogen (secondary N) is 2. The van der Waals surface area contributed by atoms with E-state index in [9.17, 15) is 4.79 Å². The third-order valence-corrected chi connectivity index (χ3v) is 3.91. The van der Waals surface area contributed by atoms with Crippen molar-refractivity contribution in [1.29, 1.82) is 0 Å². The molecule has 0 saturated heterocycles. The molecule has 0 radical (unpaired) electrons. The molecule has 2 unspecified atom stereocenters. The van der Waals surface area contributed by atoms with E-state index in [2.05, 4.69) is 52.2 Å².